The summed E-state index contributed by atoms with van der Waals surface area (Å²) in [4.78, 5) is 12.9. The molecule has 1 aliphatic rings. The van der Waals surface area contributed by atoms with Crippen molar-refractivity contribution >= 4 is 16.7 Å². The van der Waals surface area contributed by atoms with E-state index in [1.807, 2.05) is 66.2 Å². The van der Waals surface area contributed by atoms with Crippen LogP contribution >= 0.6 is 0 Å². The topological polar surface area (TPSA) is 59.3 Å². The summed E-state index contributed by atoms with van der Waals surface area (Å²) >= 11 is 0. The van der Waals surface area contributed by atoms with Gasteiger partial charge < -0.3 is 19.5 Å². The van der Waals surface area contributed by atoms with Gasteiger partial charge in [0.05, 0.1) is 0 Å². The molecule has 0 saturated heterocycles. The summed E-state index contributed by atoms with van der Waals surface area (Å²) in [7, 11) is 1.97. The fourth-order valence-electron chi connectivity index (χ4n) is 3.32. The maximum absolute atomic E-state index is 6.02. The van der Waals surface area contributed by atoms with Gasteiger partial charge in [-0.15, -0.1) is 30.0 Å². The van der Waals surface area contributed by atoms with E-state index in [1.54, 1.807) is 23.3 Å². The number of anilines is 1. The van der Waals surface area contributed by atoms with Gasteiger partial charge in [0.15, 0.2) is 5.82 Å². The van der Waals surface area contributed by atoms with Crippen LogP contribution < -0.4 is 9.64 Å². The van der Waals surface area contributed by atoms with E-state index in [0.717, 1.165) is 17.0 Å². The van der Waals surface area contributed by atoms with E-state index in [4.69, 9.17) is 4.74 Å². The molecule has 0 saturated carbocycles. The zero-order valence-corrected chi connectivity index (χ0v) is 20.1. The Morgan fingerprint density at radius 1 is 1.03 bits per heavy atom. The average Bonchev–Trinajstić information content (AvgIpc) is 3.40. The van der Waals surface area contributed by atoms with Crippen LogP contribution in [0.3, 0.4) is 0 Å². The minimum absolute atomic E-state index is 0. The summed E-state index contributed by atoms with van der Waals surface area (Å²) < 4.78 is 7.76. The van der Waals surface area contributed by atoms with Crippen LogP contribution in [0.25, 0.3) is 16.9 Å². The van der Waals surface area contributed by atoms with Crippen LogP contribution in [0.15, 0.2) is 61.3 Å². The van der Waals surface area contributed by atoms with E-state index >= 15 is 0 Å². The van der Waals surface area contributed by atoms with Gasteiger partial charge in [0.1, 0.15) is 0 Å². The van der Waals surface area contributed by atoms with Crippen molar-refractivity contribution in [3.05, 3.63) is 85.7 Å². The second-order valence-corrected chi connectivity index (χ2v) is 7.63. The molecular formula is C24H21N6OPt-3. The van der Waals surface area contributed by atoms with Crippen LogP contribution in [-0.4, -0.2) is 31.7 Å². The van der Waals surface area contributed by atoms with Crippen molar-refractivity contribution in [3.8, 4) is 17.3 Å². The molecule has 0 bridgehead atoms. The Balaban J connectivity index is 0.00000245. The molecule has 0 radical (unpaired) electrons. The van der Waals surface area contributed by atoms with Gasteiger partial charge in [0, 0.05) is 45.0 Å². The van der Waals surface area contributed by atoms with Crippen molar-refractivity contribution in [1.29, 1.82) is 0 Å². The normalized spacial score (nSPS) is 13.1. The molecule has 0 spiro atoms. The first-order valence-corrected chi connectivity index (χ1v) is 10.0. The number of rotatable bonds is 5. The summed E-state index contributed by atoms with van der Waals surface area (Å²) in [6.07, 6.45) is 9.08. The van der Waals surface area contributed by atoms with Crippen molar-refractivity contribution in [2.75, 3.05) is 11.9 Å². The first kappa shape index (κ1) is 22.0. The number of pyridine rings is 2. The molecule has 166 valence electrons. The van der Waals surface area contributed by atoms with Gasteiger partial charge in [0.25, 0.3) is 0 Å². The molecule has 3 aromatic heterocycles. The zero-order valence-electron chi connectivity index (χ0n) is 17.8. The first-order chi connectivity index (χ1) is 15.1. The zero-order chi connectivity index (χ0) is 21.4. The van der Waals surface area contributed by atoms with Crippen LogP contribution in [0.2, 0.25) is 0 Å². The smallest absolute Gasteiger partial charge is 0.151 e. The molecule has 0 N–H and O–H groups in total. The Morgan fingerprint density at radius 2 is 1.91 bits per heavy atom. The quantitative estimate of drug-likeness (QED) is 0.309. The van der Waals surface area contributed by atoms with Gasteiger partial charge >= 0.3 is 0 Å². The van der Waals surface area contributed by atoms with E-state index < -0.39 is 0 Å². The van der Waals surface area contributed by atoms with E-state index in [1.165, 1.54) is 5.56 Å². The summed E-state index contributed by atoms with van der Waals surface area (Å²) in [5.74, 6) is 2.19. The largest absolute Gasteiger partial charge is 0.510 e. The minimum Gasteiger partial charge on any atom is -0.510 e. The Kier molecular flexibility index (Phi) is 6.28. The molecule has 1 aliphatic heterocycles. The van der Waals surface area contributed by atoms with E-state index in [2.05, 4.69) is 41.0 Å². The molecule has 0 fully saturated rings. The third kappa shape index (κ3) is 4.39. The number of benzene rings is 1. The number of nitrogens with zero attached hydrogens (tertiary/aromatic N) is 6. The Morgan fingerprint density at radius 3 is 2.69 bits per heavy atom. The van der Waals surface area contributed by atoms with Crippen molar-refractivity contribution in [1.82, 2.24) is 24.6 Å². The van der Waals surface area contributed by atoms with Crippen molar-refractivity contribution in [2.45, 2.75) is 19.8 Å². The predicted molar refractivity (Wildman–Crippen MR) is 119 cm³/mol. The molecule has 0 atom stereocenters. The Bertz CT molecular complexity index is 1270. The van der Waals surface area contributed by atoms with Crippen LogP contribution in [0.4, 0.5) is 5.69 Å². The van der Waals surface area contributed by atoms with E-state index in [0.29, 0.717) is 22.9 Å². The molecule has 4 aromatic rings. The number of hydrogen-bond acceptors (Lipinski definition) is 6. The molecule has 8 heteroatoms. The second kappa shape index (κ2) is 9.13. The predicted octanol–water partition coefficient (Wildman–Crippen LogP) is 4.67. The van der Waals surface area contributed by atoms with Crippen molar-refractivity contribution in [2.24, 2.45) is 0 Å². The number of aromatic nitrogens is 4. The second-order valence-electron chi connectivity index (χ2n) is 7.63. The minimum atomic E-state index is 0. The van der Waals surface area contributed by atoms with E-state index in [9.17, 15) is 0 Å². The Hall–Kier alpha value is -3.18. The Labute approximate surface area is 201 Å². The number of hydrogen-bond donors (Lipinski definition) is 0. The SMILES string of the molecule is CC(C)c1ccnc(-n2ncc3ncc(Oc4[c-]c(N5C=CN(C)[CH-]5)ccc4)[c-]c32)c1.[Pt]. The summed E-state index contributed by atoms with van der Waals surface area (Å²) in [6, 6.07) is 16.4. The number of fused-ring (bicyclic) bond motifs is 1. The molecule has 0 unspecified atom stereocenters. The number of ether oxygens (including phenoxy) is 1. The summed E-state index contributed by atoms with van der Waals surface area (Å²) in [6.45, 7) is 6.27. The maximum Gasteiger partial charge on any atom is 0.151 e. The standard InChI is InChI=1S/C24H21N6O.Pt/c1-17(2)18-7-8-25-24(11-18)30-23-13-21(14-26-22(23)15-27-30)31-20-6-4-5-19(12-20)29-10-9-28(3)16-29;/h4-11,14-17H,1-3H3;/q-3;. The van der Waals surface area contributed by atoms with Gasteiger partial charge in [0.2, 0.25) is 0 Å². The van der Waals surface area contributed by atoms with Crippen LogP contribution in [-0.2, 0) is 21.1 Å². The first-order valence-electron chi connectivity index (χ1n) is 10.0. The van der Waals surface area contributed by atoms with Gasteiger partial charge in [-0.1, -0.05) is 13.8 Å². The van der Waals surface area contributed by atoms with Gasteiger partial charge in [-0.3, -0.25) is 0 Å². The molecular weight excluding hydrogens is 583 g/mol. The molecule has 4 heterocycles. The molecule has 7 nitrogen and oxygen atoms in total. The van der Waals surface area contributed by atoms with Crippen molar-refractivity contribution in [3.63, 3.8) is 0 Å². The third-order valence-electron chi connectivity index (χ3n) is 4.99. The van der Waals surface area contributed by atoms with Crippen LogP contribution in [0.5, 0.6) is 11.5 Å². The molecule has 5 rings (SSSR count). The fourth-order valence-corrected chi connectivity index (χ4v) is 3.32. The fraction of sp³-hybridized carbons (Fsp3) is 0.167. The monoisotopic (exact) mass is 604 g/mol. The van der Waals surface area contributed by atoms with Gasteiger partial charge in [-0.25, -0.2) is 9.67 Å². The van der Waals surface area contributed by atoms with E-state index in [-0.39, 0.29) is 21.1 Å². The van der Waals surface area contributed by atoms with Crippen LogP contribution in [0.1, 0.15) is 25.3 Å². The summed E-state index contributed by atoms with van der Waals surface area (Å²) in [5.41, 5.74) is 3.51. The maximum atomic E-state index is 6.02. The molecule has 32 heavy (non-hydrogen) atoms. The molecule has 1 aromatic carbocycles. The third-order valence-corrected chi connectivity index (χ3v) is 4.99. The van der Waals surface area contributed by atoms with Gasteiger partial charge in [-0.05, 0) is 60.3 Å². The average molecular weight is 605 g/mol. The molecule has 0 aliphatic carbocycles. The van der Waals surface area contributed by atoms with Crippen molar-refractivity contribution < 1.29 is 25.8 Å². The van der Waals surface area contributed by atoms with Crippen LogP contribution in [0, 0.1) is 18.8 Å². The van der Waals surface area contributed by atoms with Gasteiger partial charge in [-0.2, -0.15) is 17.8 Å². The molecule has 0 amide bonds. The summed E-state index contributed by atoms with van der Waals surface area (Å²) in [5, 5.41) is 4.46.